The molecule has 4 aromatic rings. The van der Waals surface area contributed by atoms with Gasteiger partial charge in [-0.15, -0.1) is 10.2 Å². The van der Waals surface area contributed by atoms with Crippen LogP contribution in [0.1, 0.15) is 24.7 Å². The summed E-state index contributed by atoms with van der Waals surface area (Å²) in [5, 5.41) is 8.44. The van der Waals surface area contributed by atoms with Crippen molar-refractivity contribution in [1.82, 2.24) is 24.3 Å². The predicted molar refractivity (Wildman–Crippen MR) is 97.1 cm³/mol. The molecular weight excluding hydrogens is 324 g/mol. The number of rotatable bonds is 4. The monoisotopic (exact) mass is 343 g/mol. The zero-order valence-electron chi connectivity index (χ0n) is 14.5. The molecule has 1 fully saturated rings. The first-order valence-corrected chi connectivity index (χ1v) is 8.81. The van der Waals surface area contributed by atoms with E-state index in [4.69, 9.17) is 0 Å². The lowest BCUT2D eigenvalue weighted by atomic mass is 10.2. The largest absolute Gasteiger partial charge is 0.310 e. The molecule has 3 aromatic heterocycles. The van der Waals surface area contributed by atoms with Gasteiger partial charge in [0.1, 0.15) is 12.2 Å². The summed E-state index contributed by atoms with van der Waals surface area (Å²) in [6.07, 6.45) is 12.2. The molecule has 0 saturated heterocycles. The minimum Gasteiger partial charge on any atom is -0.310 e. The Labute approximate surface area is 151 Å². The van der Waals surface area contributed by atoms with Crippen LogP contribution in [0, 0.1) is 6.92 Å². The van der Waals surface area contributed by atoms with Crippen molar-refractivity contribution in [3.63, 3.8) is 0 Å². The second-order valence-corrected chi connectivity index (χ2v) is 6.65. The third-order valence-electron chi connectivity index (χ3n) is 4.83. The Kier molecular flexibility index (Phi) is 3.41. The smallest absolute Gasteiger partial charge is 0.211 e. The summed E-state index contributed by atoms with van der Waals surface area (Å²) >= 11 is 0. The van der Waals surface area contributed by atoms with Gasteiger partial charge in [0.05, 0.1) is 5.69 Å². The molecule has 128 valence electrons. The Balaban J connectivity index is 1.49. The quantitative estimate of drug-likeness (QED) is 0.535. The molecule has 3 heterocycles. The summed E-state index contributed by atoms with van der Waals surface area (Å²) in [6, 6.07) is 13.2. The van der Waals surface area contributed by atoms with Gasteiger partial charge in [0.15, 0.2) is 18.2 Å². The van der Waals surface area contributed by atoms with Crippen LogP contribution >= 0.6 is 0 Å². The highest BCUT2D eigenvalue weighted by molar-refractivity contribution is 5.58. The van der Waals surface area contributed by atoms with Gasteiger partial charge in [0, 0.05) is 48.3 Å². The van der Waals surface area contributed by atoms with E-state index in [0.717, 1.165) is 28.6 Å². The molecule has 1 saturated carbocycles. The van der Waals surface area contributed by atoms with Crippen molar-refractivity contribution in [1.29, 1.82) is 0 Å². The summed E-state index contributed by atoms with van der Waals surface area (Å²) in [5.74, 6) is 1.92. The van der Waals surface area contributed by atoms with Gasteiger partial charge in [-0.3, -0.25) is 0 Å². The molecule has 0 N–H and O–H groups in total. The van der Waals surface area contributed by atoms with E-state index in [1.165, 1.54) is 12.8 Å². The minimum absolute atomic E-state index is 0.564. The van der Waals surface area contributed by atoms with Crippen LogP contribution in [0.4, 0.5) is 0 Å². The number of nitrogens with zero attached hydrogens (tertiary/aromatic N) is 6. The molecule has 0 unspecified atom stereocenters. The zero-order valence-corrected chi connectivity index (χ0v) is 14.5. The van der Waals surface area contributed by atoms with E-state index in [-0.39, 0.29) is 0 Å². The second-order valence-electron chi connectivity index (χ2n) is 6.65. The van der Waals surface area contributed by atoms with Gasteiger partial charge in [0.2, 0.25) is 5.69 Å². The number of imidazole rings is 1. The van der Waals surface area contributed by atoms with Crippen LogP contribution in [0.2, 0.25) is 0 Å². The first kappa shape index (κ1) is 15.0. The molecule has 0 spiro atoms. The first-order valence-electron chi connectivity index (χ1n) is 8.81. The summed E-state index contributed by atoms with van der Waals surface area (Å²) < 4.78 is 6.37. The zero-order chi connectivity index (χ0) is 17.5. The summed E-state index contributed by atoms with van der Waals surface area (Å²) in [4.78, 5) is 4.28. The van der Waals surface area contributed by atoms with Gasteiger partial charge in [-0.1, -0.05) is 12.1 Å². The average molecular weight is 343 g/mol. The van der Waals surface area contributed by atoms with E-state index in [2.05, 4.69) is 77.7 Å². The fourth-order valence-corrected chi connectivity index (χ4v) is 3.28. The fourth-order valence-electron chi connectivity index (χ4n) is 3.28. The van der Waals surface area contributed by atoms with Gasteiger partial charge in [-0.2, -0.15) is 4.57 Å². The van der Waals surface area contributed by atoms with Crippen LogP contribution in [0.25, 0.3) is 22.8 Å². The molecule has 0 amide bonds. The molecule has 6 nitrogen and oxygen atoms in total. The van der Waals surface area contributed by atoms with Crippen molar-refractivity contribution in [3.05, 3.63) is 73.3 Å². The summed E-state index contributed by atoms with van der Waals surface area (Å²) in [6.45, 7) is 2.00. The predicted octanol–water partition coefficient (Wildman–Crippen LogP) is 3.05. The Hall–Kier alpha value is -3.28. The van der Waals surface area contributed by atoms with Crippen molar-refractivity contribution >= 4 is 0 Å². The lowest BCUT2D eigenvalue weighted by Gasteiger charge is -2.06. The molecule has 1 aliphatic carbocycles. The first-order chi connectivity index (χ1) is 12.8. The molecular formula is C20H19N6+. The molecule has 1 aliphatic rings. The van der Waals surface area contributed by atoms with Gasteiger partial charge in [0.25, 0.3) is 0 Å². The molecule has 1 aromatic carbocycles. The van der Waals surface area contributed by atoms with Crippen molar-refractivity contribution in [2.75, 3.05) is 0 Å². The van der Waals surface area contributed by atoms with E-state index >= 15 is 0 Å². The topological polar surface area (TPSA) is 52.4 Å². The van der Waals surface area contributed by atoms with Crippen LogP contribution < -0.4 is 4.57 Å². The van der Waals surface area contributed by atoms with Gasteiger partial charge < -0.3 is 9.13 Å². The molecule has 5 rings (SSSR count). The highest BCUT2D eigenvalue weighted by atomic mass is 15.3. The number of benzene rings is 1. The molecule has 0 atom stereocenters. The van der Waals surface area contributed by atoms with E-state index in [1.807, 2.05) is 25.6 Å². The third-order valence-corrected chi connectivity index (χ3v) is 4.83. The number of pyridine rings is 1. The van der Waals surface area contributed by atoms with Crippen LogP contribution in [0.15, 0.2) is 67.5 Å². The van der Waals surface area contributed by atoms with E-state index in [1.54, 1.807) is 0 Å². The maximum absolute atomic E-state index is 4.33. The van der Waals surface area contributed by atoms with E-state index in [0.29, 0.717) is 6.04 Å². The Bertz CT molecular complexity index is 1060. The van der Waals surface area contributed by atoms with E-state index < -0.39 is 0 Å². The standard InChI is InChI=1S/C20H19N6/c1-15-21-9-12-25(15)18-7-10-24(11-8-18)19-4-2-3-16(13-19)20-23-22-14-26(20)17-5-6-17/h2-4,7-14,17H,5-6H2,1H3/q+1. The third kappa shape index (κ3) is 2.60. The van der Waals surface area contributed by atoms with Gasteiger partial charge in [-0.25, -0.2) is 4.98 Å². The fraction of sp³-hybridized carbons (Fsp3) is 0.200. The lowest BCUT2D eigenvalue weighted by Crippen LogP contribution is -2.29. The molecule has 0 bridgehead atoms. The molecule has 0 aliphatic heterocycles. The highest BCUT2D eigenvalue weighted by Crippen LogP contribution is 2.37. The van der Waals surface area contributed by atoms with Crippen LogP contribution in [0.3, 0.4) is 0 Å². The number of aryl methyl sites for hydroxylation is 1. The van der Waals surface area contributed by atoms with Crippen molar-refractivity contribution in [2.24, 2.45) is 0 Å². The van der Waals surface area contributed by atoms with Gasteiger partial charge >= 0.3 is 0 Å². The van der Waals surface area contributed by atoms with Crippen LogP contribution in [0.5, 0.6) is 0 Å². The van der Waals surface area contributed by atoms with Crippen molar-refractivity contribution in [3.8, 4) is 22.8 Å². The van der Waals surface area contributed by atoms with E-state index in [9.17, 15) is 0 Å². The van der Waals surface area contributed by atoms with Gasteiger partial charge in [-0.05, 0) is 19.8 Å². The van der Waals surface area contributed by atoms with Crippen LogP contribution in [-0.4, -0.2) is 24.3 Å². The maximum Gasteiger partial charge on any atom is 0.211 e. The molecule has 0 radical (unpaired) electrons. The average Bonchev–Trinajstić information content (AvgIpc) is 3.24. The second kappa shape index (κ2) is 5.91. The summed E-state index contributed by atoms with van der Waals surface area (Å²) in [5.41, 5.74) is 3.29. The Morgan fingerprint density at radius 2 is 1.96 bits per heavy atom. The normalized spacial score (nSPS) is 13.9. The van der Waals surface area contributed by atoms with Crippen molar-refractivity contribution < 1.29 is 4.57 Å². The Morgan fingerprint density at radius 3 is 2.69 bits per heavy atom. The molecule has 26 heavy (non-hydrogen) atoms. The number of hydrogen-bond acceptors (Lipinski definition) is 3. The highest BCUT2D eigenvalue weighted by Gasteiger charge is 2.26. The van der Waals surface area contributed by atoms with Crippen molar-refractivity contribution in [2.45, 2.75) is 25.8 Å². The lowest BCUT2D eigenvalue weighted by molar-refractivity contribution is -0.595. The summed E-state index contributed by atoms with van der Waals surface area (Å²) in [7, 11) is 0. The molecule has 6 heteroatoms. The minimum atomic E-state index is 0.564. The Morgan fingerprint density at radius 1 is 1.12 bits per heavy atom. The number of aromatic nitrogens is 6. The maximum atomic E-state index is 4.33. The van der Waals surface area contributed by atoms with Crippen LogP contribution in [-0.2, 0) is 0 Å². The number of hydrogen-bond donors (Lipinski definition) is 0. The SMILES string of the molecule is Cc1nccn1-c1cc[n+](-c2cccc(-c3nncn3C3CC3)c2)cc1.